The molecule has 5 rings (SSSR count). The average molecular weight is 556 g/mol. The topological polar surface area (TPSA) is 97.8 Å². The molecule has 0 radical (unpaired) electrons. The fourth-order valence-electron chi connectivity index (χ4n) is 5.15. The zero-order valence-corrected chi connectivity index (χ0v) is 23.6. The molecule has 1 atom stereocenters. The van der Waals surface area contributed by atoms with Crippen molar-refractivity contribution < 1.29 is 9.84 Å². The molecular formula is C32H41N7O2. The molecule has 1 fully saturated rings. The number of aromatic nitrogens is 2. The number of aliphatic hydroxyl groups excluding tert-OH is 1. The van der Waals surface area contributed by atoms with Crippen LogP contribution in [0.1, 0.15) is 18.4 Å². The van der Waals surface area contributed by atoms with E-state index in [0.29, 0.717) is 12.6 Å². The largest absolute Gasteiger partial charge is 0.493 e. The molecular weight excluding hydrogens is 514 g/mol. The summed E-state index contributed by atoms with van der Waals surface area (Å²) in [5.74, 6) is 1.38. The van der Waals surface area contributed by atoms with Crippen LogP contribution in [0.5, 0.6) is 5.75 Å². The molecule has 1 unspecified atom stereocenters. The van der Waals surface area contributed by atoms with Crippen molar-refractivity contribution in [2.75, 3.05) is 63.1 Å². The molecule has 0 aliphatic carbocycles. The van der Waals surface area contributed by atoms with Gasteiger partial charge in [0.2, 0.25) is 5.95 Å². The minimum Gasteiger partial charge on any atom is -0.493 e. The Morgan fingerprint density at radius 1 is 1.10 bits per heavy atom. The maximum atomic E-state index is 10.1. The molecule has 9 nitrogen and oxygen atoms in total. The van der Waals surface area contributed by atoms with Crippen molar-refractivity contribution in [1.82, 2.24) is 25.1 Å². The molecule has 0 saturated carbocycles. The number of hydrogen-bond acceptors (Lipinski definition) is 9. The zero-order valence-electron chi connectivity index (χ0n) is 23.6. The SMILES string of the molecule is C=CC(O)N1CCCN(CCNc2cc3cc(c2)Nc2nccc(n2)-c2cccc(c2)OCC/C=C/CNC3)CC1. The van der Waals surface area contributed by atoms with Gasteiger partial charge in [0.1, 0.15) is 12.0 Å². The summed E-state index contributed by atoms with van der Waals surface area (Å²) in [6, 6.07) is 16.4. The van der Waals surface area contributed by atoms with Crippen molar-refractivity contribution in [1.29, 1.82) is 0 Å². The number of rotatable bonds is 6. The number of ether oxygens (including phenoxy) is 1. The van der Waals surface area contributed by atoms with Gasteiger partial charge in [0, 0.05) is 68.9 Å². The lowest BCUT2D eigenvalue weighted by atomic mass is 10.1. The van der Waals surface area contributed by atoms with Crippen LogP contribution in [-0.2, 0) is 6.54 Å². The van der Waals surface area contributed by atoms with E-state index >= 15 is 0 Å². The fourth-order valence-corrected chi connectivity index (χ4v) is 5.15. The molecule has 6 bridgehead atoms. The highest BCUT2D eigenvalue weighted by Gasteiger charge is 2.18. The number of anilines is 3. The zero-order chi connectivity index (χ0) is 28.3. The molecule has 0 spiro atoms. The second-order valence-electron chi connectivity index (χ2n) is 10.4. The lowest BCUT2D eigenvalue weighted by Crippen LogP contribution is -2.37. The Morgan fingerprint density at radius 2 is 2.05 bits per heavy atom. The normalized spacial score (nSPS) is 18.5. The first kappa shape index (κ1) is 28.8. The van der Waals surface area contributed by atoms with Gasteiger partial charge in [-0.1, -0.05) is 30.9 Å². The number of benzene rings is 2. The molecule has 3 aromatic rings. The summed E-state index contributed by atoms with van der Waals surface area (Å²) in [6.45, 7) is 11.3. The molecule has 0 amide bonds. The molecule has 216 valence electrons. The Kier molecular flexibility index (Phi) is 10.3. The first-order valence-corrected chi connectivity index (χ1v) is 14.5. The van der Waals surface area contributed by atoms with Gasteiger partial charge in [-0.15, -0.1) is 0 Å². The van der Waals surface area contributed by atoms with Crippen molar-refractivity contribution in [2.45, 2.75) is 25.6 Å². The number of fused-ring (bicyclic) bond motifs is 7. The second-order valence-corrected chi connectivity index (χ2v) is 10.4. The molecule has 41 heavy (non-hydrogen) atoms. The van der Waals surface area contributed by atoms with E-state index in [-0.39, 0.29) is 0 Å². The van der Waals surface area contributed by atoms with Crippen LogP contribution in [-0.4, -0.2) is 83.5 Å². The van der Waals surface area contributed by atoms with Crippen LogP contribution >= 0.6 is 0 Å². The number of nitrogens with one attached hydrogen (secondary N) is 3. The van der Waals surface area contributed by atoms with Crippen molar-refractivity contribution in [3.63, 3.8) is 0 Å². The Balaban J connectivity index is 1.29. The van der Waals surface area contributed by atoms with Gasteiger partial charge in [-0.2, -0.15) is 0 Å². The lowest BCUT2D eigenvalue weighted by Gasteiger charge is -2.24. The van der Waals surface area contributed by atoms with Crippen LogP contribution in [0.15, 0.2) is 79.5 Å². The van der Waals surface area contributed by atoms with E-state index in [9.17, 15) is 5.11 Å². The summed E-state index contributed by atoms with van der Waals surface area (Å²) >= 11 is 0. The monoisotopic (exact) mass is 555 g/mol. The molecule has 2 aliphatic heterocycles. The maximum Gasteiger partial charge on any atom is 0.227 e. The highest BCUT2D eigenvalue weighted by atomic mass is 16.5. The first-order valence-electron chi connectivity index (χ1n) is 14.5. The van der Waals surface area contributed by atoms with Crippen LogP contribution in [0, 0.1) is 0 Å². The second kappa shape index (κ2) is 14.7. The van der Waals surface area contributed by atoms with Crippen molar-refractivity contribution in [3.8, 4) is 17.0 Å². The molecule has 3 heterocycles. The summed E-state index contributed by atoms with van der Waals surface area (Å²) in [4.78, 5) is 13.8. The van der Waals surface area contributed by atoms with E-state index in [1.165, 1.54) is 5.56 Å². The summed E-state index contributed by atoms with van der Waals surface area (Å²) in [5.41, 5.74) is 4.98. The predicted octanol–water partition coefficient (Wildman–Crippen LogP) is 4.24. The number of hydrogen-bond donors (Lipinski definition) is 4. The van der Waals surface area contributed by atoms with E-state index in [1.54, 1.807) is 12.3 Å². The summed E-state index contributed by atoms with van der Waals surface area (Å²) < 4.78 is 5.95. The summed E-state index contributed by atoms with van der Waals surface area (Å²) in [6.07, 6.45) is 9.01. The first-order chi connectivity index (χ1) is 20.2. The molecule has 2 aliphatic rings. The van der Waals surface area contributed by atoms with Gasteiger partial charge in [-0.05, 0) is 67.4 Å². The van der Waals surface area contributed by atoms with Gasteiger partial charge in [-0.25, -0.2) is 9.97 Å². The third-order valence-corrected chi connectivity index (χ3v) is 7.31. The van der Waals surface area contributed by atoms with Gasteiger partial charge in [0.25, 0.3) is 0 Å². The number of nitrogens with zero attached hydrogens (tertiary/aromatic N) is 4. The van der Waals surface area contributed by atoms with Gasteiger partial charge in [0.15, 0.2) is 0 Å². The molecule has 1 saturated heterocycles. The van der Waals surface area contributed by atoms with E-state index in [1.807, 2.05) is 30.3 Å². The van der Waals surface area contributed by atoms with Gasteiger partial charge in [0.05, 0.1) is 12.3 Å². The molecule has 4 N–H and O–H groups in total. The number of aliphatic hydroxyl groups is 1. The van der Waals surface area contributed by atoms with Gasteiger partial charge in [-0.3, -0.25) is 4.90 Å². The van der Waals surface area contributed by atoms with Crippen LogP contribution in [0.3, 0.4) is 0 Å². The predicted molar refractivity (Wildman–Crippen MR) is 165 cm³/mol. The van der Waals surface area contributed by atoms with Gasteiger partial charge < -0.3 is 30.7 Å². The standard InChI is InChI=1S/C32H41N7O2/c1-2-31(40)39-15-7-14-38(17-18-39)16-13-34-27-20-25-21-28(23-27)36-32-35-12-10-30(37-32)26-8-6-9-29(22-26)41-19-5-3-4-11-33-24-25/h2-4,6,8-10,12,20-23,31,33-34,40H,1,5,7,11,13-19,24H2,(H,35,36,37)/b4-3+. The van der Waals surface area contributed by atoms with Crippen LogP contribution in [0.2, 0.25) is 0 Å². The lowest BCUT2D eigenvalue weighted by molar-refractivity contribution is 0.0451. The van der Waals surface area contributed by atoms with Gasteiger partial charge >= 0.3 is 0 Å². The molecule has 9 heteroatoms. The maximum absolute atomic E-state index is 10.1. The third kappa shape index (κ3) is 8.61. The van der Waals surface area contributed by atoms with Crippen LogP contribution in [0.25, 0.3) is 11.3 Å². The summed E-state index contributed by atoms with van der Waals surface area (Å²) in [7, 11) is 0. The van der Waals surface area contributed by atoms with E-state index in [2.05, 4.69) is 67.7 Å². The van der Waals surface area contributed by atoms with Crippen LogP contribution < -0.4 is 20.7 Å². The minimum absolute atomic E-state index is 0.546. The van der Waals surface area contributed by atoms with E-state index < -0.39 is 6.23 Å². The molecule has 2 aromatic carbocycles. The van der Waals surface area contributed by atoms with Crippen molar-refractivity contribution in [2.24, 2.45) is 0 Å². The van der Waals surface area contributed by atoms with E-state index in [4.69, 9.17) is 9.72 Å². The van der Waals surface area contributed by atoms with Crippen molar-refractivity contribution >= 4 is 17.3 Å². The van der Waals surface area contributed by atoms with Crippen molar-refractivity contribution in [3.05, 3.63) is 85.1 Å². The Labute approximate surface area is 243 Å². The van der Waals surface area contributed by atoms with E-state index in [0.717, 1.165) is 93.6 Å². The highest BCUT2D eigenvalue weighted by Crippen LogP contribution is 2.25. The Bertz CT molecular complexity index is 1310. The Morgan fingerprint density at radius 3 is 2.98 bits per heavy atom. The highest BCUT2D eigenvalue weighted by molar-refractivity contribution is 5.66. The minimum atomic E-state index is -0.563. The van der Waals surface area contributed by atoms with Crippen LogP contribution in [0.4, 0.5) is 17.3 Å². The molecule has 1 aromatic heterocycles. The average Bonchev–Trinajstić information content (AvgIpc) is 3.24. The summed E-state index contributed by atoms with van der Waals surface area (Å²) in [5, 5.41) is 20.7. The Hall–Kier alpha value is -3.76. The quantitative estimate of drug-likeness (QED) is 0.333. The smallest absolute Gasteiger partial charge is 0.227 e. The fraction of sp³-hybridized carbons (Fsp3) is 0.375. The third-order valence-electron chi connectivity index (χ3n) is 7.31.